The molecule has 2 heterocycles. The summed E-state index contributed by atoms with van der Waals surface area (Å²) in [6.45, 7) is 12.5. The van der Waals surface area contributed by atoms with E-state index >= 15 is 0 Å². The first-order valence-electron chi connectivity index (χ1n) is 8.32. The van der Waals surface area contributed by atoms with Crippen LogP contribution in [-0.2, 0) is 2.62 Å². The van der Waals surface area contributed by atoms with Gasteiger partial charge in [0, 0.05) is 52.0 Å². The lowest BCUT2D eigenvalue weighted by Crippen LogP contribution is -2.68. The van der Waals surface area contributed by atoms with Gasteiger partial charge in [0.1, 0.15) is 2.62 Å². The molecule has 198 valence electrons. The van der Waals surface area contributed by atoms with E-state index in [2.05, 4.69) is 78.4 Å². The molecular weight excluding hydrogens is 645 g/mol. The molecule has 0 saturated heterocycles. The van der Waals surface area contributed by atoms with Crippen molar-refractivity contribution in [2.24, 2.45) is 0 Å². The zero-order chi connectivity index (χ0) is 27.9. The summed E-state index contributed by atoms with van der Waals surface area (Å²) in [5.74, 6) is 0. The monoisotopic (exact) mass is 668 g/mol. The van der Waals surface area contributed by atoms with Crippen molar-refractivity contribution in [3.05, 3.63) is 58.2 Å². The minimum atomic E-state index is -4.94. The summed E-state index contributed by atoms with van der Waals surface area (Å²) >= 11 is 0.981. The summed E-state index contributed by atoms with van der Waals surface area (Å²) in [7, 11) is -14.1. The summed E-state index contributed by atoms with van der Waals surface area (Å²) in [6, 6.07) is 8.53. The summed E-state index contributed by atoms with van der Waals surface area (Å²) in [5.41, 5.74) is 7.56. The number of aryl methyl sites for hydroxylation is 6. The van der Waals surface area contributed by atoms with E-state index in [0.29, 0.717) is 0 Å². The Balaban J connectivity index is -0.000000364. The maximum Gasteiger partial charge on any atom is 0.322 e. The standard InChI is InChI=1S/2C8H11N.ClIO4.2ClHO4/c2*1-6-4-7(2)9-8(3)5-6;2-6-1(3,4)5;2*2-1(3,4)5/h2*4-5H,1-3H3;;2*(H,2,3,4,5). The van der Waals surface area contributed by atoms with Crippen LogP contribution in [0.1, 0.15) is 33.9 Å². The van der Waals surface area contributed by atoms with Crippen molar-refractivity contribution in [3.8, 4) is 0 Å². The molecule has 0 saturated carbocycles. The molecule has 2 aromatic rings. The van der Waals surface area contributed by atoms with Crippen molar-refractivity contribution in [3.63, 3.8) is 0 Å². The molecule has 0 atom stereocenters. The highest BCUT2D eigenvalue weighted by molar-refractivity contribution is 14.1. The number of nitrogens with one attached hydrogen (secondary N) is 2. The summed E-state index contributed by atoms with van der Waals surface area (Å²) in [6.07, 6.45) is 0. The number of hydrogen-bond acceptors (Lipinski definition) is 12. The Morgan fingerprint density at radius 3 is 0.765 bits per heavy atom. The van der Waals surface area contributed by atoms with E-state index in [4.69, 9.17) is 37.3 Å². The third-order valence-electron chi connectivity index (χ3n) is 2.64. The van der Waals surface area contributed by atoms with Gasteiger partial charge in [-0.05, 0) is 25.0 Å². The number of aromatic amines is 2. The van der Waals surface area contributed by atoms with E-state index in [1.807, 2.05) is 0 Å². The Kier molecular flexibility index (Phi) is 19.9. The molecule has 0 aliphatic rings. The Morgan fingerprint density at radius 1 is 0.529 bits per heavy atom. The highest BCUT2D eigenvalue weighted by atomic mass is 127. The van der Waals surface area contributed by atoms with Crippen LogP contribution in [0.3, 0.4) is 0 Å². The molecule has 0 radical (unpaired) electrons. The van der Waals surface area contributed by atoms with Crippen LogP contribution in [0.5, 0.6) is 0 Å². The van der Waals surface area contributed by atoms with Gasteiger partial charge >= 0.3 is 23.0 Å². The van der Waals surface area contributed by atoms with Crippen LogP contribution in [0.4, 0.5) is 0 Å². The molecule has 0 fully saturated rings. The molecular formula is C16H24Cl3IN2O12. The highest BCUT2D eigenvalue weighted by Crippen LogP contribution is 1.98. The van der Waals surface area contributed by atoms with E-state index in [1.165, 1.54) is 33.9 Å². The molecule has 0 spiro atoms. The normalized spacial score (nSPS) is 10.8. The Morgan fingerprint density at radius 2 is 0.676 bits per heavy atom. The number of aromatic nitrogens is 2. The summed E-state index contributed by atoms with van der Waals surface area (Å²) in [4.78, 5) is 6.42. The SMILES string of the molecule is Cc1cc(C)[nH+]c(C)c1.Cc1cc(C)[nH+]c(C)c1.[O-][Cl+3]([O-])([O-])OI.[O-][Cl+3]([O-])([O-])[O-].[O-][Cl+3]([O-])([O-])[O-]. The zero-order valence-corrected chi connectivity index (χ0v) is 23.1. The molecule has 2 aromatic heterocycles. The van der Waals surface area contributed by atoms with E-state index in [-0.39, 0.29) is 0 Å². The van der Waals surface area contributed by atoms with Gasteiger partial charge in [-0.25, -0.2) is 47.2 Å². The van der Waals surface area contributed by atoms with Gasteiger partial charge in [-0.2, -0.15) is 14.0 Å². The lowest BCUT2D eigenvalue weighted by Gasteiger charge is -2.17. The first kappa shape index (κ1) is 38.0. The van der Waals surface area contributed by atoms with Crippen LogP contribution in [0.2, 0.25) is 0 Å². The molecule has 0 amide bonds. The second-order valence-corrected chi connectivity index (χ2v) is 9.62. The minimum absolute atomic E-state index is 0.981. The van der Waals surface area contributed by atoms with Gasteiger partial charge in [0.25, 0.3) is 0 Å². The second kappa shape index (κ2) is 17.8. The number of halogens is 4. The van der Waals surface area contributed by atoms with Crippen molar-refractivity contribution in [1.29, 1.82) is 0 Å². The van der Waals surface area contributed by atoms with Crippen LogP contribution < -0.4 is 61.2 Å². The topological polar surface area (TPSA) is 291 Å². The van der Waals surface area contributed by atoms with E-state index in [1.54, 1.807) is 0 Å². The fraction of sp³-hybridized carbons (Fsp3) is 0.375. The lowest BCUT2D eigenvalue weighted by molar-refractivity contribution is -2.00. The number of hydrogen-bond donors (Lipinski definition) is 0. The fourth-order valence-electron chi connectivity index (χ4n) is 2.22. The van der Waals surface area contributed by atoms with E-state index in [0.717, 1.165) is 23.0 Å². The van der Waals surface area contributed by atoms with Gasteiger partial charge in [-0.1, -0.05) is 0 Å². The molecule has 2 rings (SSSR count). The summed E-state index contributed by atoms with van der Waals surface area (Å²) in [5, 5.41) is 0. The molecule has 0 bridgehead atoms. The van der Waals surface area contributed by atoms with Gasteiger partial charge in [0.05, 0.1) is 10.2 Å². The first-order valence-corrected chi connectivity index (χ1v) is 12.9. The molecule has 18 heteroatoms. The molecule has 0 aromatic carbocycles. The average molecular weight is 670 g/mol. The molecule has 0 aliphatic heterocycles. The molecule has 14 nitrogen and oxygen atoms in total. The van der Waals surface area contributed by atoms with E-state index in [9.17, 15) is 14.0 Å². The van der Waals surface area contributed by atoms with Crippen molar-refractivity contribution in [2.75, 3.05) is 0 Å². The van der Waals surface area contributed by atoms with Crippen molar-refractivity contribution in [1.82, 2.24) is 0 Å². The van der Waals surface area contributed by atoms with Gasteiger partial charge in [0.15, 0.2) is 22.8 Å². The number of H-pyrrole nitrogens is 2. The number of rotatable bonds is 1. The predicted molar refractivity (Wildman–Crippen MR) is 89.5 cm³/mol. The number of pyridine rings is 2. The maximum absolute atomic E-state index is 9.19. The van der Waals surface area contributed by atoms with Crippen LogP contribution in [-0.4, -0.2) is 0 Å². The van der Waals surface area contributed by atoms with Crippen molar-refractivity contribution < 1.29 is 94.6 Å². The van der Waals surface area contributed by atoms with Crippen LogP contribution >= 0.6 is 23.0 Å². The van der Waals surface area contributed by atoms with Crippen LogP contribution in [0, 0.1) is 72.3 Å². The Hall–Kier alpha value is -0.580. The lowest BCUT2D eigenvalue weighted by atomic mass is 10.2. The second-order valence-electron chi connectivity index (χ2n) is 6.24. The largest absolute Gasteiger partial charge is 0.322 e. The quantitative estimate of drug-likeness (QED) is 0.256. The highest BCUT2D eigenvalue weighted by Gasteiger charge is 2.11. The Labute approximate surface area is 216 Å². The van der Waals surface area contributed by atoms with Gasteiger partial charge in [0.2, 0.25) is 0 Å². The minimum Gasteiger partial charge on any atom is -0.222 e. The third-order valence-corrected chi connectivity index (χ3v) is 4.00. The van der Waals surface area contributed by atoms with Crippen LogP contribution in [0.25, 0.3) is 0 Å². The smallest absolute Gasteiger partial charge is 0.222 e. The van der Waals surface area contributed by atoms with Crippen molar-refractivity contribution >= 4 is 23.0 Å². The van der Waals surface area contributed by atoms with Crippen LogP contribution in [0.15, 0.2) is 24.3 Å². The van der Waals surface area contributed by atoms with Gasteiger partial charge < -0.3 is 0 Å². The molecule has 2 N–H and O–H groups in total. The average Bonchev–Trinajstić information content (AvgIpc) is 2.49. The third kappa shape index (κ3) is 41.7. The first-order chi connectivity index (χ1) is 14.9. The molecule has 0 aliphatic carbocycles. The van der Waals surface area contributed by atoms with Gasteiger partial charge in [-0.3, -0.25) is 0 Å². The molecule has 34 heavy (non-hydrogen) atoms. The molecule has 0 unspecified atom stereocenters. The maximum atomic E-state index is 9.19. The summed E-state index contributed by atoms with van der Waals surface area (Å²) < 4.78 is 98.8. The van der Waals surface area contributed by atoms with E-state index < -0.39 is 30.7 Å². The van der Waals surface area contributed by atoms with Crippen molar-refractivity contribution in [2.45, 2.75) is 41.5 Å². The Bertz CT molecular complexity index is 656. The predicted octanol–water partition coefficient (Wildman–Crippen LogP) is -9.41. The fourth-order valence-corrected chi connectivity index (χ4v) is 2.22. The van der Waals surface area contributed by atoms with Gasteiger partial charge in [-0.15, -0.1) is 20.5 Å². The zero-order valence-electron chi connectivity index (χ0n) is 18.7.